The zero-order chi connectivity index (χ0) is 28.6. The maximum Gasteiger partial charge on any atom is 0.306 e. The maximum absolute atomic E-state index is 13.5. The lowest BCUT2D eigenvalue weighted by Gasteiger charge is -2.21. The first kappa shape index (κ1) is 27.5. The van der Waals surface area contributed by atoms with Crippen LogP contribution in [0, 0.1) is 18.3 Å². The first-order chi connectivity index (χ1) is 19.1. The van der Waals surface area contributed by atoms with Crippen molar-refractivity contribution < 1.29 is 13.9 Å². The second kappa shape index (κ2) is 10.8. The maximum atomic E-state index is 13.5. The van der Waals surface area contributed by atoms with Crippen LogP contribution in [0.1, 0.15) is 46.2 Å². The van der Waals surface area contributed by atoms with Crippen molar-refractivity contribution in [2.75, 3.05) is 29.9 Å². The van der Waals surface area contributed by atoms with E-state index in [1.807, 2.05) is 56.3 Å². The second-order valence-corrected chi connectivity index (χ2v) is 11.9. The fraction of sp³-hybridized carbons (Fsp3) is 0.414. The Kier molecular flexibility index (Phi) is 7.47. The minimum atomic E-state index is -0.491. The average Bonchev–Trinajstić information content (AvgIpc) is 3.63. The number of rotatable bonds is 7. The van der Waals surface area contributed by atoms with Gasteiger partial charge in [0.05, 0.1) is 24.4 Å². The van der Waals surface area contributed by atoms with Gasteiger partial charge in [0.15, 0.2) is 16.6 Å². The number of aryl methyl sites for hydroxylation is 1. The number of benzene rings is 1. The standard InChI is InChI=1S/C29H32FN7O2S/c1-7-21-27(35(6)28-33-25(26(31-5)40-28)19-8-10-20(30)11-9-19)37-22(32-21)12-13-23(34-37)36-15-14-18(17-36)16-24(38)39-29(2,3)4/h8-13,18H,7,14-17H2,1-4,6H3/t18-/m0/s1. The van der Waals surface area contributed by atoms with Gasteiger partial charge in [0.2, 0.25) is 0 Å². The van der Waals surface area contributed by atoms with Crippen molar-refractivity contribution in [1.82, 2.24) is 19.6 Å². The summed E-state index contributed by atoms with van der Waals surface area (Å²) in [6.07, 6.45) is 1.96. The van der Waals surface area contributed by atoms with E-state index in [-0.39, 0.29) is 17.7 Å². The normalized spacial score (nSPS) is 15.4. The Hall–Kier alpha value is -4.04. The summed E-state index contributed by atoms with van der Waals surface area (Å²) in [5, 5.41) is 6.01. The van der Waals surface area contributed by atoms with Crippen molar-refractivity contribution in [1.29, 1.82) is 0 Å². The fourth-order valence-corrected chi connectivity index (χ4v) is 5.77. The molecule has 0 saturated carbocycles. The smallest absolute Gasteiger partial charge is 0.306 e. The third-order valence-corrected chi connectivity index (χ3v) is 7.78. The predicted octanol–water partition coefficient (Wildman–Crippen LogP) is 6.43. The average molecular weight is 562 g/mol. The molecular weight excluding hydrogens is 529 g/mol. The molecule has 5 rings (SSSR count). The van der Waals surface area contributed by atoms with Crippen molar-refractivity contribution in [3.05, 3.63) is 59.3 Å². The van der Waals surface area contributed by atoms with Gasteiger partial charge in [0.1, 0.15) is 17.2 Å². The van der Waals surface area contributed by atoms with Crippen molar-refractivity contribution in [2.24, 2.45) is 5.92 Å². The topological polar surface area (TPSA) is 80.2 Å². The van der Waals surface area contributed by atoms with Gasteiger partial charge in [0, 0.05) is 20.1 Å². The van der Waals surface area contributed by atoms with E-state index < -0.39 is 5.60 Å². The Labute approximate surface area is 237 Å². The van der Waals surface area contributed by atoms with Crippen molar-refractivity contribution in [3.8, 4) is 11.3 Å². The van der Waals surface area contributed by atoms with Crippen LogP contribution in [0.2, 0.25) is 0 Å². The molecule has 0 bridgehead atoms. The molecule has 11 heteroatoms. The number of halogens is 1. The van der Waals surface area contributed by atoms with Gasteiger partial charge in [-0.3, -0.25) is 4.79 Å². The summed E-state index contributed by atoms with van der Waals surface area (Å²) in [5.74, 6) is 1.28. The van der Waals surface area contributed by atoms with Gasteiger partial charge < -0.3 is 14.5 Å². The van der Waals surface area contributed by atoms with E-state index in [2.05, 4.69) is 9.74 Å². The van der Waals surface area contributed by atoms with Crippen LogP contribution in [-0.4, -0.2) is 51.3 Å². The van der Waals surface area contributed by atoms with E-state index in [4.69, 9.17) is 26.4 Å². The quantitative estimate of drug-likeness (QED) is 0.190. The summed E-state index contributed by atoms with van der Waals surface area (Å²) < 4.78 is 20.8. The van der Waals surface area contributed by atoms with Crippen molar-refractivity contribution in [2.45, 2.75) is 52.6 Å². The molecule has 1 saturated heterocycles. The summed E-state index contributed by atoms with van der Waals surface area (Å²) in [4.78, 5) is 29.7. The van der Waals surface area contributed by atoms with Gasteiger partial charge >= 0.3 is 5.97 Å². The third kappa shape index (κ3) is 5.63. The Balaban J connectivity index is 1.43. The highest BCUT2D eigenvalue weighted by Gasteiger charge is 2.29. The van der Waals surface area contributed by atoms with E-state index in [1.54, 1.807) is 12.1 Å². The SMILES string of the molecule is [C-]#[N+]c1sc(N(C)c2c(CC)nc3ccc(N4CC[C@@H](CC(=O)OC(C)(C)C)C4)nn23)nc1-c1ccc(F)cc1. The number of nitrogens with zero attached hydrogens (tertiary/aromatic N) is 7. The van der Waals surface area contributed by atoms with Gasteiger partial charge in [0.25, 0.3) is 5.00 Å². The van der Waals surface area contributed by atoms with Gasteiger partial charge in [-0.05, 0) is 69.4 Å². The molecule has 1 aliphatic heterocycles. The zero-order valence-corrected chi connectivity index (χ0v) is 24.1. The molecular formula is C29H32FN7O2S. The van der Waals surface area contributed by atoms with E-state index >= 15 is 0 Å². The molecule has 4 heterocycles. The summed E-state index contributed by atoms with van der Waals surface area (Å²) >= 11 is 1.28. The number of fused-ring (bicyclic) bond motifs is 1. The van der Waals surface area contributed by atoms with Crippen LogP contribution >= 0.6 is 11.3 Å². The van der Waals surface area contributed by atoms with Crippen molar-refractivity contribution >= 4 is 44.7 Å². The minimum absolute atomic E-state index is 0.170. The fourth-order valence-electron chi connectivity index (χ4n) is 4.93. The number of hydrogen-bond acceptors (Lipinski definition) is 8. The number of aromatic nitrogens is 4. The molecule has 1 aliphatic rings. The molecule has 0 radical (unpaired) electrons. The van der Waals surface area contributed by atoms with Crippen LogP contribution in [0.25, 0.3) is 21.7 Å². The highest BCUT2D eigenvalue weighted by atomic mass is 32.1. The summed E-state index contributed by atoms with van der Waals surface area (Å²) in [5.41, 5.74) is 2.30. The highest BCUT2D eigenvalue weighted by molar-refractivity contribution is 7.20. The monoisotopic (exact) mass is 561 g/mol. The number of esters is 1. The van der Waals surface area contributed by atoms with Crippen LogP contribution in [0.15, 0.2) is 36.4 Å². The molecule has 0 N–H and O–H groups in total. The Morgan fingerprint density at radius 2 is 1.98 bits per heavy atom. The van der Waals surface area contributed by atoms with Crippen molar-refractivity contribution in [3.63, 3.8) is 0 Å². The number of anilines is 3. The van der Waals surface area contributed by atoms with E-state index in [0.717, 1.165) is 36.8 Å². The molecule has 1 atom stereocenters. The molecule has 1 aromatic carbocycles. The Bertz CT molecular complexity index is 1580. The largest absolute Gasteiger partial charge is 0.460 e. The lowest BCUT2D eigenvalue weighted by atomic mass is 10.1. The molecule has 9 nitrogen and oxygen atoms in total. The number of imidazole rings is 1. The Morgan fingerprint density at radius 1 is 1.23 bits per heavy atom. The van der Waals surface area contributed by atoms with Crippen LogP contribution in [0.5, 0.6) is 0 Å². The number of carbonyl (C=O) groups is 1. The summed E-state index contributed by atoms with van der Waals surface area (Å²) in [6, 6.07) is 9.93. The number of ether oxygens (including phenoxy) is 1. The molecule has 0 unspecified atom stereocenters. The first-order valence-electron chi connectivity index (χ1n) is 13.3. The molecule has 0 aliphatic carbocycles. The van der Waals surface area contributed by atoms with Gasteiger partial charge in [-0.1, -0.05) is 19.1 Å². The van der Waals surface area contributed by atoms with E-state index in [0.29, 0.717) is 39.9 Å². The summed E-state index contributed by atoms with van der Waals surface area (Å²) in [6.45, 7) is 16.9. The van der Waals surface area contributed by atoms with Crippen LogP contribution in [0.4, 0.5) is 26.2 Å². The zero-order valence-electron chi connectivity index (χ0n) is 23.3. The van der Waals surface area contributed by atoms with Crippen LogP contribution < -0.4 is 9.80 Å². The predicted molar refractivity (Wildman–Crippen MR) is 155 cm³/mol. The van der Waals surface area contributed by atoms with Crippen LogP contribution in [0.3, 0.4) is 0 Å². The van der Waals surface area contributed by atoms with Gasteiger partial charge in [-0.15, -0.1) is 16.4 Å². The second-order valence-electron chi connectivity index (χ2n) is 10.9. The van der Waals surface area contributed by atoms with Gasteiger partial charge in [-0.2, -0.15) is 4.52 Å². The molecule has 0 amide bonds. The van der Waals surface area contributed by atoms with E-state index in [9.17, 15) is 9.18 Å². The Morgan fingerprint density at radius 3 is 2.65 bits per heavy atom. The van der Waals surface area contributed by atoms with Crippen LogP contribution in [-0.2, 0) is 16.0 Å². The lowest BCUT2D eigenvalue weighted by Crippen LogP contribution is -2.26. The molecule has 1 fully saturated rings. The lowest BCUT2D eigenvalue weighted by molar-refractivity contribution is -0.155. The molecule has 40 heavy (non-hydrogen) atoms. The summed E-state index contributed by atoms with van der Waals surface area (Å²) in [7, 11) is 1.89. The minimum Gasteiger partial charge on any atom is -0.460 e. The number of thiazole rings is 1. The molecule has 3 aromatic heterocycles. The molecule has 208 valence electrons. The molecule has 0 spiro atoms. The number of carbonyl (C=O) groups excluding carboxylic acids is 1. The third-order valence-electron chi connectivity index (χ3n) is 6.75. The molecule has 4 aromatic rings. The number of hydrogen-bond donors (Lipinski definition) is 0. The highest BCUT2D eigenvalue weighted by Crippen LogP contribution is 2.42. The van der Waals surface area contributed by atoms with Gasteiger partial charge in [-0.25, -0.2) is 19.2 Å². The first-order valence-corrected chi connectivity index (χ1v) is 14.1. The van der Waals surface area contributed by atoms with E-state index in [1.165, 1.54) is 23.5 Å².